The van der Waals surface area contributed by atoms with Crippen LogP contribution in [0.3, 0.4) is 0 Å². The molecule has 84 valence electrons. The molecule has 1 aromatic heterocycles. The van der Waals surface area contributed by atoms with Crippen molar-refractivity contribution in [3.05, 3.63) is 52.8 Å². The molecule has 0 radical (unpaired) electrons. The Hall–Kier alpha value is -1.32. The van der Waals surface area contributed by atoms with Crippen LogP contribution in [0.2, 0.25) is 5.02 Å². The zero-order valence-electron chi connectivity index (χ0n) is 8.97. The van der Waals surface area contributed by atoms with Crippen molar-refractivity contribution < 1.29 is 5.11 Å². The van der Waals surface area contributed by atoms with Gasteiger partial charge in [-0.3, -0.25) is 4.68 Å². The molecule has 1 unspecified atom stereocenters. The monoisotopic (exact) mass is 236 g/mol. The van der Waals surface area contributed by atoms with Crippen LogP contribution >= 0.6 is 11.6 Å². The second-order valence-electron chi connectivity index (χ2n) is 3.69. The van der Waals surface area contributed by atoms with Crippen molar-refractivity contribution in [2.75, 3.05) is 0 Å². The Kier molecular flexibility index (Phi) is 3.27. The first-order valence-electron chi connectivity index (χ1n) is 5.09. The third-order valence-corrected chi connectivity index (χ3v) is 2.94. The van der Waals surface area contributed by atoms with Crippen molar-refractivity contribution in [1.29, 1.82) is 0 Å². The minimum absolute atomic E-state index is 0.419. The van der Waals surface area contributed by atoms with E-state index in [1.165, 1.54) is 0 Å². The lowest BCUT2D eigenvalue weighted by Crippen LogP contribution is -2.11. The average molecular weight is 237 g/mol. The molecular formula is C12H13ClN2O. The van der Waals surface area contributed by atoms with Crippen molar-refractivity contribution in [2.45, 2.75) is 19.6 Å². The van der Waals surface area contributed by atoms with Gasteiger partial charge in [0.2, 0.25) is 0 Å². The Labute approximate surface area is 99.3 Å². The zero-order chi connectivity index (χ0) is 11.5. The number of aliphatic hydroxyl groups is 1. The van der Waals surface area contributed by atoms with E-state index in [9.17, 15) is 5.11 Å². The summed E-state index contributed by atoms with van der Waals surface area (Å²) in [5.41, 5.74) is 1.75. The molecular weight excluding hydrogens is 224 g/mol. The standard InChI is InChI=1S/C12H13ClN2O/c1-9-11(13)7-14-15(9)8-12(16)10-5-3-2-4-6-10/h2-7,12,16H,8H2,1H3. The Morgan fingerprint density at radius 2 is 2.06 bits per heavy atom. The Balaban J connectivity index is 2.14. The van der Waals surface area contributed by atoms with Gasteiger partial charge >= 0.3 is 0 Å². The van der Waals surface area contributed by atoms with Gasteiger partial charge in [0.05, 0.1) is 29.6 Å². The van der Waals surface area contributed by atoms with Crippen LogP contribution in [0.4, 0.5) is 0 Å². The molecule has 0 aliphatic rings. The van der Waals surface area contributed by atoms with Crippen LogP contribution in [0.15, 0.2) is 36.5 Å². The quantitative estimate of drug-likeness (QED) is 0.890. The lowest BCUT2D eigenvalue weighted by Gasteiger charge is -2.12. The molecule has 0 aliphatic carbocycles. The fraction of sp³-hybridized carbons (Fsp3) is 0.250. The molecule has 4 heteroatoms. The number of nitrogens with zero attached hydrogens (tertiary/aromatic N) is 2. The first-order valence-corrected chi connectivity index (χ1v) is 5.47. The van der Waals surface area contributed by atoms with Gasteiger partial charge in [-0.1, -0.05) is 41.9 Å². The first-order chi connectivity index (χ1) is 7.68. The number of benzene rings is 1. The highest BCUT2D eigenvalue weighted by atomic mass is 35.5. The largest absolute Gasteiger partial charge is 0.386 e. The topological polar surface area (TPSA) is 38.0 Å². The number of hydrogen-bond donors (Lipinski definition) is 1. The smallest absolute Gasteiger partial charge is 0.0986 e. The van der Waals surface area contributed by atoms with Crippen LogP contribution in [0.25, 0.3) is 0 Å². The van der Waals surface area contributed by atoms with Crippen LogP contribution in [0.5, 0.6) is 0 Å². The molecule has 0 fully saturated rings. The highest BCUT2D eigenvalue weighted by molar-refractivity contribution is 6.31. The second kappa shape index (κ2) is 4.68. The number of rotatable bonds is 3. The van der Waals surface area contributed by atoms with E-state index < -0.39 is 6.10 Å². The lowest BCUT2D eigenvalue weighted by atomic mass is 10.1. The summed E-state index contributed by atoms with van der Waals surface area (Å²) in [6, 6.07) is 9.52. The van der Waals surface area contributed by atoms with Gasteiger partial charge in [0.25, 0.3) is 0 Å². The Morgan fingerprint density at radius 1 is 1.38 bits per heavy atom. The third-order valence-electron chi connectivity index (χ3n) is 2.57. The molecule has 16 heavy (non-hydrogen) atoms. The van der Waals surface area contributed by atoms with Crippen molar-refractivity contribution >= 4 is 11.6 Å². The number of aliphatic hydroxyl groups excluding tert-OH is 1. The SMILES string of the molecule is Cc1c(Cl)cnn1CC(O)c1ccccc1. The van der Waals surface area contributed by atoms with Gasteiger partial charge in [0, 0.05) is 0 Å². The molecule has 1 N–H and O–H groups in total. The summed E-state index contributed by atoms with van der Waals surface area (Å²) in [5, 5.41) is 14.7. The van der Waals surface area contributed by atoms with Crippen LogP contribution in [-0.2, 0) is 6.54 Å². The highest BCUT2D eigenvalue weighted by Crippen LogP contribution is 2.18. The van der Waals surface area contributed by atoms with E-state index in [2.05, 4.69) is 5.10 Å². The maximum atomic E-state index is 10.0. The predicted molar refractivity (Wildman–Crippen MR) is 63.4 cm³/mol. The minimum atomic E-state index is -0.559. The van der Waals surface area contributed by atoms with Gasteiger partial charge in [-0.25, -0.2) is 0 Å². The van der Waals surface area contributed by atoms with Crippen molar-refractivity contribution in [2.24, 2.45) is 0 Å². The Morgan fingerprint density at radius 3 is 2.62 bits per heavy atom. The Bertz CT molecular complexity index is 467. The van der Waals surface area contributed by atoms with Crippen LogP contribution < -0.4 is 0 Å². The van der Waals surface area contributed by atoms with E-state index in [1.807, 2.05) is 37.3 Å². The molecule has 0 saturated heterocycles. The van der Waals surface area contributed by atoms with Gasteiger partial charge in [0.1, 0.15) is 0 Å². The molecule has 0 bridgehead atoms. The van der Waals surface area contributed by atoms with Gasteiger partial charge in [0.15, 0.2) is 0 Å². The summed E-state index contributed by atoms with van der Waals surface area (Å²) in [6.45, 7) is 2.30. The first kappa shape index (κ1) is 11.2. The molecule has 1 heterocycles. The molecule has 0 saturated carbocycles. The maximum absolute atomic E-state index is 10.0. The number of hydrogen-bond acceptors (Lipinski definition) is 2. The molecule has 0 aliphatic heterocycles. The van der Waals surface area contributed by atoms with Crippen molar-refractivity contribution in [3.8, 4) is 0 Å². The van der Waals surface area contributed by atoms with E-state index in [0.717, 1.165) is 11.3 Å². The fourth-order valence-corrected chi connectivity index (χ4v) is 1.69. The van der Waals surface area contributed by atoms with Gasteiger partial charge in [-0.2, -0.15) is 5.10 Å². The third kappa shape index (κ3) is 2.26. The number of halogens is 1. The predicted octanol–water partition coefficient (Wildman–Crippen LogP) is 2.58. The summed E-state index contributed by atoms with van der Waals surface area (Å²) >= 11 is 5.89. The minimum Gasteiger partial charge on any atom is -0.386 e. The van der Waals surface area contributed by atoms with Crippen LogP contribution in [0.1, 0.15) is 17.4 Å². The van der Waals surface area contributed by atoms with E-state index in [4.69, 9.17) is 11.6 Å². The molecule has 3 nitrogen and oxygen atoms in total. The molecule has 1 aromatic carbocycles. The molecule has 2 aromatic rings. The van der Waals surface area contributed by atoms with Gasteiger partial charge in [-0.15, -0.1) is 0 Å². The second-order valence-corrected chi connectivity index (χ2v) is 4.09. The number of aromatic nitrogens is 2. The maximum Gasteiger partial charge on any atom is 0.0986 e. The van der Waals surface area contributed by atoms with Crippen molar-refractivity contribution in [3.63, 3.8) is 0 Å². The molecule has 2 rings (SSSR count). The summed E-state index contributed by atoms with van der Waals surface area (Å²) in [4.78, 5) is 0. The summed E-state index contributed by atoms with van der Waals surface area (Å²) in [7, 11) is 0. The van der Waals surface area contributed by atoms with E-state index in [1.54, 1.807) is 10.9 Å². The van der Waals surface area contributed by atoms with Crippen LogP contribution in [0, 0.1) is 6.92 Å². The highest BCUT2D eigenvalue weighted by Gasteiger charge is 2.11. The summed E-state index contributed by atoms with van der Waals surface area (Å²) < 4.78 is 1.71. The summed E-state index contributed by atoms with van der Waals surface area (Å²) in [6.07, 6.45) is 1.03. The molecule has 1 atom stereocenters. The fourth-order valence-electron chi connectivity index (χ4n) is 1.55. The van der Waals surface area contributed by atoms with Crippen molar-refractivity contribution in [1.82, 2.24) is 9.78 Å². The van der Waals surface area contributed by atoms with E-state index in [-0.39, 0.29) is 0 Å². The van der Waals surface area contributed by atoms with E-state index in [0.29, 0.717) is 11.6 Å². The molecule has 0 spiro atoms. The van der Waals surface area contributed by atoms with E-state index >= 15 is 0 Å². The van der Waals surface area contributed by atoms with Gasteiger partial charge < -0.3 is 5.11 Å². The normalized spacial score (nSPS) is 12.7. The zero-order valence-corrected chi connectivity index (χ0v) is 9.72. The summed E-state index contributed by atoms with van der Waals surface area (Å²) in [5.74, 6) is 0. The van der Waals surface area contributed by atoms with Crippen LogP contribution in [-0.4, -0.2) is 14.9 Å². The molecule has 0 amide bonds. The average Bonchev–Trinajstić information content (AvgIpc) is 2.62. The van der Waals surface area contributed by atoms with Gasteiger partial charge in [-0.05, 0) is 12.5 Å². The lowest BCUT2D eigenvalue weighted by molar-refractivity contribution is 0.150.